The van der Waals surface area contributed by atoms with Crippen molar-refractivity contribution in [3.63, 3.8) is 0 Å². The van der Waals surface area contributed by atoms with Gasteiger partial charge >= 0.3 is 12.4 Å². The topological polar surface area (TPSA) is 68.5 Å². The van der Waals surface area contributed by atoms with Gasteiger partial charge in [0, 0.05) is 18.8 Å². The fourth-order valence-corrected chi connectivity index (χ4v) is 5.96. The standard InChI is InChI=1S/C22H18F6N2O3S/c23-21(24,25)14-2-1-3-16(10-14)34(32,33)17-8-13(9-17)4-6-19(31)18-12-30-11-15(22(26,27)28)5-7-20(30)29-18/h1-3,5,7,10-13,17H,4,6,8-9H2. The lowest BCUT2D eigenvalue weighted by Crippen LogP contribution is -2.36. The summed E-state index contributed by atoms with van der Waals surface area (Å²) in [6, 6.07) is 5.65. The average Bonchev–Trinajstić information content (AvgIpc) is 3.14. The van der Waals surface area contributed by atoms with Crippen molar-refractivity contribution < 1.29 is 39.6 Å². The van der Waals surface area contributed by atoms with Crippen molar-refractivity contribution in [2.24, 2.45) is 5.92 Å². The molecule has 0 radical (unpaired) electrons. The average molecular weight is 504 g/mol. The lowest BCUT2D eigenvalue weighted by molar-refractivity contribution is -0.138. The van der Waals surface area contributed by atoms with E-state index in [1.165, 1.54) is 6.20 Å². The summed E-state index contributed by atoms with van der Waals surface area (Å²) >= 11 is 0. The van der Waals surface area contributed by atoms with Crippen molar-refractivity contribution in [3.8, 4) is 0 Å². The van der Waals surface area contributed by atoms with Crippen molar-refractivity contribution >= 4 is 21.3 Å². The number of benzene rings is 1. The van der Waals surface area contributed by atoms with Crippen LogP contribution in [-0.2, 0) is 22.2 Å². The van der Waals surface area contributed by atoms with Gasteiger partial charge in [-0.3, -0.25) is 4.79 Å². The first-order valence-corrected chi connectivity index (χ1v) is 11.8. The van der Waals surface area contributed by atoms with Crippen molar-refractivity contribution in [2.75, 3.05) is 0 Å². The molecule has 0 bridgehead atoms. The van der Waals surface area contributed by atoms with E-state index in [4.69, 9.17) is 0 Å². The van der Waals surface area contributed by atoms with E-state index in [-0.39, 0.29) is 47.2 Å². The van der Waals surface area contributed by atoms with Gasteiger partial charge < -0.3 is 4.40 Å². The second-order valence-electron chi connectivity index (χ2n) is 8.30. The highest BCUT2D eigenvalue weighted by Gasteiger charge is 2.40. The van der Waals surface area contributed by atoms with Crippen LogP contribution in [0.5, 0.6) is 0 Å². The number of fused-ring (bicyclic) bond motifs is 1. The molecule has 34 heavy (non-hydrogen) atoms. The maximum atomic E-state index is 12.9. The van der Waals surface area contributed by atoms with Crippen molar-refractivity contribution in [1.29, 1.82) is 0 Å². The molecule has 12 heteroatoms. The van der Waals surface area contributed by atoms with Gasteiger partial charge in [0.25, 0.3) is 0 Å². The molecule has 0 aliphatic heterocycles. The van der Waals surface area contributed by atoms with Crippen LogP contribution in [0.15, 0.2) is 53.7 Å². The Balaban J connectivity index is 1.35. The van der Waals surface area contributed by atoms with E-state index in [1.807, 2.05) is 0 Å². The van der Waals surface area contributed by atoms with Gasteiger partial charge in [-0.25, -0.2) is 13.4 Å². The highest BCUT2D eigenvalue weighted by Crippen LogP contribution is 2.40. The number of nitrogens with zero attached hydrogens (tertiary/aromatic N) is 2. The molecule has 1 aromatic carbocycles. The van der Waals surface area contributed by atoms with Gasteiger partial charge in [0.15, 0.2) is 15.6 Å². The van der Waals surface area contributed by atoms with E-state index in [1.54, 1.807) is 0 Å². The predicted molar refractivity (Wildman–Crippen MR) is 109 cm³/mol. The molecule has 0 N–H and O–H groups in total. The molecular formula is C22H18F6N2O3S. The fourth-order valence-electron chi connectivity index (χ4n) is 3.96. The number of carbonyl (C=O) groups is 1. The van der Waals surface area contributed by atoms with Crippen LogP contribution in [-0.4, -0.2) is 28.8 Å². The number of aromatic nitrogens is 2. The summed E-state index contributed by atoms with van der Waals surface area (Å²) in [4.78, 5) is 16.1. The first kappa shape index (κ1) is 24.2. The molecule has 0 atom stereocenters. The maximum Gasteiger partial charge on any atom is 0.417 e. The number of ketones is 1. The Kier molecular flexibility index (Phi) is 5.99. The van der Waals surface area contributed by atoms with Gasteiger partial charge in [-0.1, -0.05) is 6.07 Å². The Labute approximate surface area is 190 Å². The van der Waals surface area contributed by atoms with Crippen LogP contribution >= 0.6 is 0 Å². The Morgan fingerprint density at radius 2 is 1.65 bits per heavy atom. The molecule has 5 nitrogen and oxygen atoms in total. The summed E-state index contributed by atoms with van der Waals surface area (Å²) in [6.45, 7) is 0. The highest BCUT2D eigenvalue weighted by molar-refractivity contribution is 7.92. The molecule has 1 aliphatic carbocycles. The third kappa shape index (κ3) is 4.82. The first-order chi connectivity index (χ1) is 15.7. The Bertz CT molecular complexity index is 1340. The van der Waals surface area contributed by atoms with Crippen LogP contribution in [0, 0.1) is 5.92 Å². The molecule has 0 saturated heterocycles. The second kappa shape index (κ2) is 8.40. The number of Topliss-reactive ketones (excluding diaryl/α,β-unsaturated/α-hetero) is 1. The normalized spacial score (nSPS) is 19.2. The minimum Gasteiger partial charge on any atom is -0.306 e. The molecule has 0 amide bonds. The molecule has 182 valence electrons. The summed E-state index contributed by atoms with van der Waals surface area (Å²) in [5.41, 5.74) is -1.72. The number of imidazole rings is 1. The number of carbonyl (C=O) groups excluding carboxylic acids is 1. The van der Waals surface area contributed by atoms with E-state index in [2.05, 4.69) is 4.98 Å². The number of pyridine rings is 1. The van der Waals surface area contributed by atoms with Crippen LogP contribution in [0.4, 0.5) is 26.3 Å². The summed E-state index contributed by atoms with van der Waals surface area (Å²) in [5, 5.41) is -0.827. The number of sulfone groups is 1. The second-order valence-corrected chi connectivity index (χ2v) is 10.5. The summed E-state index contributed by atoms with van der Waals surface area (Å²) in [6.07, 6.45) is -6.33. The molecule has 3 aromatic rings. The quantitative estimate of drug-likeness (QED) is 0.324. The predicted octanol–water partition coefficient (Wildman–Crippen LogP) is 5.59. The first-order valence-electron chi connectivity index (χ1n) is 10.3. The van der Waals surface area contributed by atoms with Crippen LogP contribution in [0.1, 0.15) is 47.3 Å². The largest absolute Gasteiger partial charge is 0.417 e. The van der Waals surface area contributed by atoms with Crippen LogP contribution in [0.3, 0.4) is 0 Å². The van der Waals surface area contributed by atoms with Gasteiger partial charge in [0.1, 0.15) is 11.3 Å². The zero-order valence-electron chi connectivity index (χ0n) is 17.4. The lowest BCUT2D eigenvalue weighted by Gasteiger charge is -2.34. The molecule has 4 rings (SSSR count). The summed E-state index contributed by atoms with van der Waals surface area (Å²) < 4.78 is 104. The molecule has 0 unspecified atom stereocenters. The molecule has 1 fully saturated rings. The monoisotopic (exact) mass is 504 g/mol. The SMILES string of the molecule is O=C(CCC1CC(S(=O)(=O)c2cccc(C(F)(F)F)c2)C1)c1cn2cc(C(F)(F)F)ccc2n1. The van der Waals surface area contributed by atoms with Crippen molar-refractivity contribution in [3.05, 3.63) is 65.6 Å². The van der Waals surface area contributed by atoms with Crippen molar-refractivity contribution in [1.82, 2.24) is 9.38 Å². The number of alkyl halides is 6. The minimum atomic E-state index is -4.65. The summed E-state index contributed by atoms with van der Waals surface area (Å²) in [7, 11) is -3.93. The molecule has 1 aliphatic rings. The van der Waals surface area contributed by atoms with Crippen LogP contribution in [0.25, 0.3) is 5.65 Å². The maximum absolute atomic E-state index is 12.9. The smallest absolute Gasteiger partial charge is 0.306 e. The zero-order valence-corrected chi connectivity index (χ0v) is 18.2. The molecule has 1 saturated carbocycles. The van der Waals surface area contributed by atoms with Gasteiger partial charge in [-0.05, 0) is 55.5 Å². The highest BCUT2D eigenvalue weighted by atomic mass is 32.2. The number of rotatable bonds is 6. The third-order valence-electron chi connectivity index (χ3n) is 5.96. The van der Waals surface area contributed by atoms with E-state index in [9.17, 15) is 39.6 Å². The zero-order chi connectivity index (χ0) is 24.9. The van der Waals surface area contributed by atoms with Crippen molar-refractivity contribution in [2.45, 2.75) is 48.2 Å². The fraction of sp³-hybridized carbons (Fsp3) is 0.364. The van der Waals surface area contributed by atoms with Gasteiger partial charge in [-0.2, -0.15) is 26.3 Å². The molecular weight excluding hydrogens is 486 g/mol. The minimum absolute atomic E-state index is 0.00628. The van der Waals surface area contributed by atoms with Gasteiger partial charge in [0.2, 0.25) is 0 Å². The van der Waals surface area contributed by atoms with E-state index < -0.39 is 38.6 Å². The Morgan fingerprint density at radius 3 is 2.29 bits per heavy atom. The van der Waals surface area contributed by atoms with E-state index in [0.717, 1.165) is 40.9 Å². The van der Waals surface area contributed by atoms with Gasteiger partial charge in [0.05, 0.1) is 21.3 Å². The van der Waals surface area contributed by atoms with Crippen LogP contribution < -0.4 is 0 Å². The molecule has 2 heterocycles. The van der Waals surface area contributed by atoms with Crippen LogP contribution in [0.2, 0.25) is 0 Å². The van der Waals surface area contributed by atoms with E-state index >= 15 is 0 Å². The molecule has 0 spiro atoms. The number of halogens is 6. The third-order valence-corrected chi connectivity index (χ3v) is 8.14. The van der Waals surface area contributed by atoms with Gasteiger partial charge in [-0.15, -0.1) is 0 Å². The number of hydrogen-bond donors (Lipinski definition) is 0. The molecule has 2 aromatic heterocycles. The number of hydrogen-bond acceptors (Lipinski definition) is 4. The Morgan fingerprint density at radius 1 is 0.971 bits per heavy atom. The summed E-state index contributed by atoms with van der Waals surface area (Å²) in [5.74, 6) is -0.496. The Hall–Kier alpha value is -2.89. The van der Waals surface area contributed by atoms with E-state index in [0.29, 0.717) is 12.5 Å². The lowest BCUT2D eigenvalue weighted by atomic mass is 9.81.